The van der Waals surface area contributed by atoms with Gasteiger partial charge in [-0.1, -0.05) is 79.5 Å². The number of nitrogens with zero attached hydrogens (tertiary/aromatic N) is 2. The van der Waals surface area contributed by atoms with Crippen molar-refractivity contribution in [2.45, 2.75) is 32.7 Å². The molecule has 1 saturated heterocycles. The highest BCUT2D eigenvalue weighted by atomic mass is 35.5. The molecule has 8 heteroatoms. The van der Waals surface area contributed by atoms with Crippen LogP contribution in [0.4, 0.5) is 0 Å². The van der Waals surface area contributed by atoms with E-state index in [4.69, 9.17) is 23.2 Å². The van der Waals surface area contributed by atoms with Crippen LogP contribution < -0.4 is 0 Å². The predicted octanol–water partition coefficient (Wildman–Crippen LogP) is 5.21. The molecular weight excluding hydrogens is 475 g/mol. The molecular formula is C26H24Cl2N2O4. The van der Waals surface area contributed by atoms with Crippen molar-refractivity contribution >= 4 is 46.7 Å². The summed E-state index contributed by atoms with van der Waals surface area (Å²) in [6, 6.07) is 11.8. The standard InChI is InChI=1S/C26H24Cl2N2O4/c1-3-21(23(31)16-9-5-4-6-10-16)29(24(32)17-12-13-19(27)20(28)14-17)30-25(33)18-11-7-8-15(2)22(18)26(30)34/h4-10,12-15,18,21-22H,3,11H2,1-2H3/t15-,18-,21-,22+/m1/s1. The minimum atomic E-state index is -1.07. The van der Waals surface area contributed by atoms with Crippen LogP contribution in [0.25, 0.3) is 0 Å². The maximum absolute atomic E-state index is 13.8. The number of rotatable bonds is 6. The van der Waals surface area contributed by atoms with E-state index >= 15 is 0 Å². The lowest BCUT2D eigenvalue weighted by atomic mass is 9.78. The van der Waals surface area contributed by atoms with Gasteiger partial charge in [-0.15, -0.1) is 0 Å². The summed E-state index contributed by atoms with van der Waals surface area (Å²) in [7, 11) is 0. The zero-order valence-corrected chi connectivity index (χ0v) is 20.3. The van der Waals surface area contributed by atoms with Crippen molar-refractivity contribution in [2.75, 3.05) is 0 Å². The van der Waals surface area contributed by atoms with Crippen LogP contribution >= 0.6 is 23.2 Å². The molecule has 0 unspecified atom stereocenters. The largest absolute Gasteiger partial charge is 0.292 e. The van der Waals surface area contributed by atoms with Crippen molar-refractivity contribution in [3.05, 3.63) is 81.9 Å². The topological polar surface area (TPSA) is 74.8 Å². The van der Waals surface area contributed by atoms with Crippen molar-refractivity contribution in [3.63, 3.8) is 0 Å². The van der Waals surface area contributed by atoms with Crippen LogP contribution in [-0.4, -0.2) is 39.6 Å². The maximum atomic E-state index is 13.8. The van der Waals surface area contributed by atoms with E-state index in [2.05, 4.69) is 0 Å². The molecule has 1 aliphatic heterocycles. The third-order valence-electron chi connectivity index (χ3n) is 6.48. The molecule has 3 amide bonds. The number of halogens is 2. The number of Topliss-reactive ketones (excluding diaryl/α,β-unsaturated/α-hetero) is 1. The number of fused-ring (bicyclic) bond motifs is 1. The fraction of sp³-hybridized carbons (Fsp3) is 0.308. The molecule has 0 aromatic heterocycles. The van der Waals surface area contributed by atoms with Gasteiger partial charge in [-0.2, -0.15) is 5.01 Å². The third-order valence-corrected chi connectivity index (χ3v) is 7.22. The second-order valence-electron chi connectivity index (χ2n) is 8.58. The van der Waals surface area contributed by atoms with Crippen LogP contribution in [0.2, 0.25) is 10.0 Å². The number of carbonyl (C=O) groups is 4. The molecule has 1 aliphatic carbocycles. The maximum Gasteiger partial charge on any atom is 0.273 e. The highest BCUT2D eigenvalue weighted by Gasteiger charge is 2.54. The van der Waals surface area contributed by atoms with E-state index in [1.807, 2.05) is 19.1 Å². The average Bonchev–Trinajstić information content (AvgIpc) is 3.09. The SMILES string of the molecule is CC[C@H](C(=O)c1ccccc1)N(C(=O)c1ccc(Cl)c(Cl)c1)N1C(=O)[C@H]2[C@H](C)C=CC[C@H]2C1=O. The zero-order chi connectivity index (χ0) is 24.6. The molecule has 176 valence electrons. The van der Waals surface area contributed by atoms with Crippen LogP contribution in [-0.2, 0) is 9.59 Å². The van der Waals surface area contributed by atoms with Gasteiger partial charge >= 0.3 is 0 Å². The van der Waals surface area contributed by atoms with Crippen molar-refractivity contribution < 1.29 is 19.2 Å². The summed E-state index contributed by atoms with van der Waals surface area (Å²) in [6.07, 6.45) is 4.40. The van der Waals surface area contributed by atoms with Crippen molar-refractivity contribution in [1.29, 1.82) is 0 Å². The van der Waals surface area contributed by atoms with Gasteiger partial charge in [0.15, 0.2) is 5.78 Å². The quantitative estimate of drug-likeness (QED) is 0.311. The Kier molecular flexibility index (Phi) is 6.91. The Labute approximate surface area is 208 Å². The molecule has 2 aliphatic rings. The highest BCUT2D eigenvalue weighted by molar-refractivity contribution is 6.42. The van der Waals surface area contributed by atoms with Crippen molar-refractivity contribution in [1.82, 2.24) is 10.0 Å². The molecule has 1 heterocycles. The normalized spacial score (nSPS) is 22.5. The van der Waals surface area contributed by atoms with Gasteiger partial charge in [0.1, 0.15) is 6.04 Å². The first-order valence-electron chi connectivity index (χ1n) is 11.2. The zero-order valence-electron chi connectivity index (χ0n) is 18.8. The number of hydrogen-bond acceptors (Lipinski definition) is 4. The van der Waals surface area contributed by atoms with Gasteiger partial charge in [0.05, 0.1) is 21.9 Å². The van der Waals surface area contributed by atoms with Crippen LogP contribution in [0, 0.1) is 17.8 Å². The van der Waals surface area contributed by atoms with Crippen LogP contribution in [0.15, 0.2) is 60.7 Å². The number of imide groups is 1. The summed E-state index contributed by atoms with van der Waals surface area (Å²) in [5.74, 6) is -3.29. The van der Waals surface area contributed by atoms with E-state index in [0.29, 0.717) is 12.0 Å². The average molecular weight is 499 g/mol. The number of amides is 3. The fourth-order valence-corrected chi connectivity index (χ4v) is 5.04. The van der Waals surface area contributed by atoms with Gasteiger partial charge in [-0.3, -0.25) is 19.2 Å². The number of hydrazine groups is 1. The Bertz CT molecular complexity index is 1180. The van der Waals surface area contributed by atoms with Crippen molar-refractivity contribution in [3.8, 4) is 0 Å². The van der Waals surface area contributed by atoms with E-state index in [9.17, 15) is 19.2 Å². The van der Waals surface area contributed by atoms with E-state index in [1.165, 1.54) is 18.2 Å². The third kappa shape index (κ3) is 4.17. The molecule has 0 saturated carbocycles. The summed E-state index contributed by atoms with van der Waals surface area (Å²) in [4.78, 5) is 54.4. The van der Waals surface area contributed by atoms with Crippen LogP contribution in [0.1, 0.15) is 47.4 Å². The Morgan fingerprint density at radius 3 is 2.35 bits per heavy atom. The Balaban J connectivity index is 1.81. The summed E-state index contributed by atoms with van der Waals surface area (Å²) in [5, 5.41) is 2.35. The van der Waals surface area contributed by atoms with E-state index < -0.39 is 35.6 Å². The molecule has 4 rings (SSSR count). The summed E-state index contributed by atoms with van der Waals surface area (Å²) in [6.45, 7) is 3.61. The number of benzene rings is 2. The molecule has 6 nitrogen and oxygen atoms in total. The minimum absolute atomic E-state index is 0.121. The molecule has 1 fully saturated rings. The Morgan fingerprint density at radius 2 is 1.74 bits per heavy atom. The van der Waals surface area contributed by atoms with E-state index in [1.54, 1.807) is 37.3 Å². The van der Waals surface area contributed by atoms with Crippen molar-refractivity contribution in [2.24, 2.45) is 17.8 Å². The first kappa shape index (κ1) is 24.2. The molecule has 4 atom stereocenters. The molecule has 2 aromatic carbocycles. The summed E-state index contributed by atoms with van der Waals surface area (Å²) in [5.41, 5.74) is 0.503. The first-order valence-corrected chi connectivity index (χ1v) is 11.9. The van der Waals surface area contributed by atoms with Gasteiger partial charge in [0.2, 0.25) is 0 Å². The van der Waals surface area contributed by atoms with Gasteiger partial charge in [-0.25, -0.2) is 5.01 Å². The number of allylic oxidation sites excluding steroid dienone is 2. The number of ketones is 1. The fourth-order valence-electron chi connectivity index (χ4n) is 4.74. The van der Waals surface area contributed by atoms with Gasteiger partial charge in [0.25, 0.3) is 17.7 Å². The highest BCUT2D eigenvalue weighted by Crippen LogP contribution is 2.40. The minimum Gasteiger partial charge on any atom is -0.292 e. The van der Waals surface area contributed by atoms with Gasteiger partial charge < -0.3 is 0 Å². The smallest absolute Gasteiger partial charge is 0.273 e. The van der Waals surface area contributed by atoms with Crippen LogP contribution in [0.5, 0.6) is 0 Å². The lowest BCUT2D eigenvalue weighted by Gasteiger charge is -2.36. The molecule has 0 N–H and O–H groups in total. The lowest BCUT2D eigenvalue weighted by Crippen LogP contribution is -2.57. The number of carbonyl (C=O) groups excluding carboxylic acids is 4. The molecule has 34 heavy (non-hydrogen) atoms. The second kappa shape index (κ2) is 9.72. The van der Waals surface area contributed by atoms with E-state index in [0.717, 1.165) is 10.0 Å². The predicted molar refractivity (Wildman–Crippen MR) is 129 cm³/mol. The van der Waals surface area contributed by atoms with Gasteiger partial charge in [0, 0.05) is 11.1 Å². The number of hydrogen-bond donors (Lipinski definition) is 0. The summed E-state index contributed by atoms with van der Waals surface area (Å²) < 4.78 is 0. The lowest BCUT2D eigenvalue weighted by molar-refractivity contribution is -0.156. The van der Waals surface area contributed by atoms with Gasteiger partial charge in [-0.05, 0) is 37.0 Å². The molecule has 0 spiro atoms. The second-order valence-corrected chi connectivity index (χ2v) is 9.39. The Hall–Kier alpha value is -2.96. The first-order chi connectivity index (χ1) is 16.3. The van der Waals surface area contributed by atoms with E-state index in [-0.39, 0.29) is 33.7 Å². The summed E-state index contributed by atoms with van der Waals surface area (Å²) >= 11 is 12.2. The molecule has 0 radical (unpaired) electrons. The molecule has 0 bridgehead atoms. The van der Waals surface area contributed by atoms with Crippen LogP contribution in [0.3, 0.4) is 0 Å². The molecule has 2 aromatic rings. The monoisotopic (exact) mass is 498 g/mol. The Morgan fingerprint density at radius 1 is 1.03 bits per heavy atom.